The number of anilines is 1. The fraction of sp³-hybridized carbons (Fsp3) is 0.621. The molecule has 0 aliphatic carbocycles. The molecule has 1 aliphatic heterocycles. The number of aromatic nitrogens is 2. The van der Waals surface area contributed by atoms with Gasteiger partial charge < -0.3 is 19.5 Å². The Morgan fingerprint density at radius 3 is 2.33 bits per heavy atom. The van der Waals surface area contributed by atoms with Crippen LogP contribution in [0.25, 0.3) is 11.1 Å². The molecule has 7 heteroatoms. The lowest BCUT2D eigenvalue weighted by atomic mass is 9.82. The van der Waals surface area contributed by atoms with Gasteiger partial charge in [0, 0.05) is 53.9 Å². The van der Waals surface area contributed by atoms with E-state index in [2.05, 4.69) is 42.6 Å². The third kappa shape index (κ3) is 7.19. The van der Waals surface area contributed by atoms with Crippen LogP contribution in [0.5, 0.6) is 5.88 Å². The van der Waals surface area contributed by atoms with Crippen LogP contribution >= 0.6 is 0 Å². The van der Waals surface area contributed by atoms with E-state index in [0.717, 1.165) is 49.2 Å². The lowest BCUT2D eigenvalue weighted by Gasteiger charge is -2.40. The molecule has 7 nitrogen and oxygen atoms in total. The summed E-state index contributed by atoms with van der Waals surface area (Å²) in [6.45, 7) is 18.7. The molecular formula is C29H43N3O4. The molecule has 36 heavy (non-hydrogen) atoms. The molecule has 2 aromatic heterocycles. The normalized spacial score (nSPS) is 16.8. The molecule has 1 N–H and O–H groups in total. The van der Waals surface area contributed by atoms with Crippen molar-refractivity contribution >= 4 is 11.7 Å². The van der Waals surface area contributed by atoms with E-state index < -0.39 is 17.7 Å². The second kappa shape index (κ2) is 11.2. The fourth-order valence-corrected chi connectivity index (χ4v) is 4.42. The number of nitrogens with zero attached hydrogens (tertiary/aromatic N) is 3. The smallest absolute Gasteiger partial charge is 0.337 e. The van der Waals surface area contributed by atoms with E-state index in [9.17, 15) is 9.90 Å². The monoisotopic (exact) mass is 497 g/mol. The molecule has 0 aromatic carbocycles. The van der Waals surface area contributed by atoms with Crippen molar-refractivity contribution in [3.63, 3.8) is 0 Å². The van der Waals surface area contributed by atoms with Gasteiger partial charge in [0.05, 0.1) is 17.9 Å². The molecule has 3 rings (SSSR count). The summed E-state index contributed by atoms with van der Waals surface area (Å²) in [5.41, 5.74) is 3.51. The summed E-state index contributed by atoms with van der Waals surface area (Å²) in [5, 5.41) is 10.2. The standard InChI is InChI=1S/C29H43N3O4/c1-19(2)11-16-35-23-10-9-21(17-31-23)22-18-30-20(3)24(26(27(33)34)36-28(4,5)6)25(22)32-14-12-29(7,8)13-15-32/h9-10,17-19,26H,11-16H2,1-8H3,(H,33,34)/t26-/m0/s1. The van der Waals surface area contributed by atoms with E-state index in [-0.39, 0.29) is 5.41 Å². The number of hydrogen-bond acceptors (Lipinski definition) is 6. The number of aryl methyl sites for hydroxylation is 1. The van der Waals surface area contributed by atoms with Gasteiger partial charge >= 0.3 is 5.97 Å². The van der Waals surface area contributed by atoms with Gasteiger partial charge in [-0.05, 0) is 64.4 Å². The summed E-state index contributed by atoms with van der Waals surface area (Å²) in [6, 6.07) is 3.85. The first-order chi connectivity index (χ1) is 16.8. The van der Waals surface area contributed by atoms with E-state index >= 15 is 0 Å². The van der Waals surface area contributed by atoms with Crippen molar-refractivity contribution in [1.29, 1.82) is 0 Å². The van der Waals surface area contributed by atoms with Crippen molar-refractivity contribution < 1.29 is 19.4 Å². The van der Waals surface area contributed by atoms with Crippen molar-refractivity contribution in [2.45, 2.75) is 86.4 Å². The SMILES string of the molecule is Cc1ncc(-c2ccc(OCCC(C)C)nc2)c(N2CCC(C)(C)CC2)c1[C@H](OC(C)(C)C)C(=O)O. The Morgan fingerprint density at radius 2 is 1.81 bits per heavy atom. The maximum atomic E-state index is 12.5. The zero-order valence-electron chi connectivity index (χ0n) is 23.2. The van der Waals surface area contributed by atoms with Crippen LogP contribution in [-0.2, 0) is 9.53 Å². The largest absolute Gasteiger partial charge is 0.479 e. The first-order valence-electron chi connectivity index (χ1n) is 13.0. The maximum absolute atomic E-state index is 12.5. The highest BCUT2D eigenvalue weighted by molar-refractivity contribution is 5.86. The highest BCUT2D eigenvalue weighted by atomic mass is 16.5. The average molecular weight is 498 g/mol. The van der Waals surface area contributed by atoms with Crippen LogP contribution in [0.15, 0.2) is 24.5 Å². The van der Waals surface area contributed by atoms with Crippen LogP contribution < -0.4 is 9.64 Å². The van der Waals surface area contributed by atoms with Gasteiger partial charge in [0.25, 0.3) is 0 Å². The minimum Gasteiger partial charge on any atom is -0.479 e. The van der Waals surface area contributed by atoms with Gasteiger partial charge in [0.2, 0.25) is 5.88 Å². The highest BCUT2D eigenvalue weighted by Crippen LogP contribution is 2.43. The van der Waals surface area contributed by atoms with Crippen LogP contribution in [0.2, 0.25) is 0 Å². The Morgan fingerprint density at radius 1 is 1.14 bits per heavy atom. The number of aliphatic carboxylic acids is 1. The quantitative estimate of drug-likeness (QED) is 0.426. The number of carboxylic acids is 1. The van der Waals surface area contributed by atoms with Gasteiger partial charge in [-0.2, -0.15) is 0 Å². The molecule has 1 atom stereocenters. The summed E-state index contributed by atoms with van der Waals surface area (Å²) < 4.78 is 11.9. The van der Waals surface area contributed by atoms with Gasteiger partial charge in [-0.1, -0.05) is 27.7 Å². The number of carbonyl (C=O) groups is 1. The molecule has 0 radical (unpaired) electrons. The third-order valence-electron chi connectivity index (χ3n) is 6.67. The molecule has 1 fully saturated rings. The van der Waals surface area contributed by atoms with Gasteiger partial charge in [0.15, 0.2) is 6.10 Å². The molecule has 2 aromatic rings. The summed E-state index contributed by atoms with van der Waals surface area (Å²) in [4.78, 5) is 24.0. The lowest BCUT2D eigenvalue weighted by molar-refractivity contribution is -0.160. The zero-order chi connectivity index (χ0) is 26.7. The van der Waals surface area contributed by atoms with Crippen LogP contribution in [0.1, 0.15) is 85.1 Å². The van der Waals surface area contributed by atoms with Gasteiger partial charge in [0.1, 0.15) is 0 Å². The van der Waals surface area contributed by atoms with E-state index in [1.54, 1.807) is 6.20 Å². The molecule has 1 saturated heterocycles. The average Bonchev–Trinajstić information content (AvgIpc) is 2.77. The molecule has 198 valence electrons. The Labute approximate surface area is 216 Å². The molecule has 0 spiro atoms. The van der Waals surface area contributed by atoms with Crippen molar-refractivity contribution in [3.05, 3.63) is 35.8 Å². The van der Waals surface area contributed by atoms with Crippen LogP contribution in [0.3, 0.4) is 0 Å². The Hall–Kier alpha value is -2.67. The summed E-state index contributed by atoms with van der Waals surface area (Å²) >= 11 is 0. The Kier molecular flexibility index (Phi) is 8.65. The first-order valence-corrected chi connectivity index (χ1v) is 13.0. The minimum atomic E-state index is -1.13. The van der Waals surface area contributed by atoms with Crippen LogP contribution in [0.4, 0.5) is 5.69 Å². The minimum absolute atomic E-state index is 0.254. The van der Waals surface area contributed by atoms with Crippen LogP contribution in [-0.4, -0.2) is 46.3 Å². The van der Waals surface area contributed by atoms with E-state index in [1.165, 1.54) is 0 Å². The summed E-state index contributed by atoms with van der Waals surface area (Å²) in [6.07, 6.45) is 5.50. The molecular weight excluding hydrogens is 454 g/mol. The summed E-state index contributed by atoms with van der Waals surface area (Å²) in [5.74, 6) is 0.133. The zero-order valence-corrected chi connectivity index (χ0v) is 23.2. The van der Waals surface area contributed by atoms with E-state index in [1.807, 2.05) is 46.0 Å². The van der Waals surface area contributed by atoms with Gasteiger partial charge in [-0.25, -0.2) is 9.78 Å². The number of carboxylic acid groups (broad SMARTS) is 1. The van der Waals surface area contributed by atoms with Crippen molar-refractivity contribution in [1.82, 2.24) is 9.97 Å². The Bertz CT molecular complexity index is 1030. The Balaban J connectivity index is 2.09. The number of ether oxygens (including phenoxy) is 2. The third-order valence-corrected chi connectivity index (χ3v) is 6.67. The number of rotatable bonds is 9. The number of hydrogen-bond donors (Lipinski definition) is 1. The molecule has 0 bridgehead atoms. The molecule has 3 heterocycles. The molecule has 1 aliphatic rings. The molecule has 0 unspecified atom stereocenters. The van der Waals surface area contributed by atoms with Gasteiger partial charge in [-0.15, -0.1) is 0 Å². The second-order valence-electron chi connectivity index (χ2n) is 12.0. The molecule has 0 saturated carbocycles. The van der Waals surface area contributed by atoms with Gasteiger partial charge in [-0.3, -0.25) is 4.98 Å². The predicted octanol–water partition coefficient (Wildman–Crippen LogP) is 6.44. The first kappa shape index (κ1) is 27.9. The van der Waals surface area contributed by atoms with E-state index in [0.29, 0.717) is 29.7 Å². The topological polar surface area (TPSA) is 84.8 Å². The van der Waals surface area contributed by atoms with Crippen molar-refractivity contribution in [3.8, 4) is 17.0 Å². The lowest BCUT2D eigenvalue weighted by Crippen LogP contribution is -2.39. The fourth-order valence-electron chi connectivity index (χ4n) is 4.42. The molecule has 0 amide bonds. The number of pyridine rings is 2. The number of piperidine rings is 1. The second-order valence-corrected chi connectivity index (χ2v) is 12.0. The van der Waals surface area contributed by atoms with Crippen LogP contribution in [0, 0.1) is 18.3 Å². The highest BCUT2D eigenvalue weighted by Gasteiger charge is 2.35. The van der Waals surface area contributed by atoms with Crippen molar-refractivity contribution in [2.24, 2.45) is 11.3 Å². The predicted molar refractivity (Wildman–Crippen MR) is 144 cm³/mol. The van der Waals surface area contributed by atoms with Crippen molar-refractivity contribution in [2.75, 3.05) is 24.6 Å². The summed E-state index contributed by atoms with van der Waals surface area (Å²) in [7, 11) is 0. The maximum Gasteiger partial charge on any atom is 0.337 e. The van der Waals surface area contributed by atoms with E-state index in [4.69, 9.17) is 9.47 Å².